The Bertz CT molecular complexity index is 301. The number of rotatable bonds is 6. The summed E-state index contributed by atoms with van der Waals surface area (Å²) in [5.41, 5.74) is 0. The number of thiophene rings is 1. The monoisotopic (exact) mass is 367 g/mol. The van der Waals surface area contributed by atoms with Crippen LogP contribution in [-0.4, -0.2) is 7.05 Å². The number of nitrogens with one attached hydrogen (secondary N) is 1. The molecule has 1 unspecified atom stereocenters. The first-order chi connectivity index (χ1) is 7.62. The Labute approximate surface area is 119 Å². The van der Waals surface area contributed by atoms with Gasteiger partial charge in [0, 0.05) is 15.4 Å². The van der Waals surface area contributed by atoms with Crippen LogP contribution >= 0.6 is 43.2 Å². The minimum atomic E-state index is 0.484. The van der Waals surface area contributed by atoms with E-state index in [0.29, 0.717) is 6.04 Å². The molecule has 1 atom stereocenters. The van der Waals surface area contributed by atoms with Crippen molar-refractivity contribution in [2.45, 2.75) is 39.2 Å². The molecule has 0 saturated carbocycles. The van der Waals surface area contributed by atoms with Gasteiger partial charge >= 0.3 is 0 Å². The molecule has 4 heteroatoms. The molecule has 1 aromatic heterocycles. The fourth-order valence-corrected chi connectivity index (χ4v) is 4.08. The van der Waals surface area contributed by atoms with Gasteiger partial charge in [0.1, 0.15) is 0 Å². The summed E-state index contributed by atoms with van der Waals surface area (Å²) in [5, 5.41) is 3.43. The van der Waals surface area contributed by atoms with Crippen molar-refractivity contribution in [3.63, 3.8) is 0 Å². The van der Waals surface area contributed by atoms with E-state index in [1.165, 1.54) is 27.9 Å². The molecule has 0 aliphatic heterocycles. The molecule has 0 aliphatic rings. The molecule has 1 aromatic rings. The minimum Gasteiger partial charge on any atom is -0.312 e. The van der Waals surface area contributed by atoms with E-state index in [1.807, 2.05) is 11.3 Å². The Hall–Kier alpha value is 0.620. The lowest BCUT2D eigenvalue weighted by Crippen LogP contribution is -2.18. The molecule has 1 N–H and O–H groups in total. The van der Waals surface area contributed by atoms with Crippen LogP contribution in [0.15, 0.2) is 14.3 Å². The van der Waals surface area contributed by atoms with Gasteiger partial charge < -0.3 is 5.32 Å². The Morgan fingerprint density at radius 2 is 1.94 bits per heavy atom. The van der Waals surface area contributed by atoms with Crippen LogP contribution < -0.4 is 5.32 Å². The SMILES string of the molecule is CCC(CC)CC(NC)c1cc(Br)c(Br)s1. The molecule has 92 valence electrons. The van der Waals surface area contributed by atoms with Gasteiger partial charge in [-0.2, -0.15) is 0 Å². The fourth-order valence-electron chi connectivity index (χ4n) is 1.87. The molecule has 16 heavy (non-hydrogen) atoms. The highest BCUT2D eigenvalue weighted by molar-refractivity contribution is 9.13. The Morgan fingerprint density at radius 1 is 1.31 bits per heavy atom. The lowest BCUT2D eigenvalue weighted by Gasteiger charge is -2.20. The average molecular weight is 369 g/mol. The van der Waals surface area contributed by atoms with Gasteiger partial charge in [0.25, 0.3) is 0 Å². The standard InChI is InChI=1S/C12H19Br2NS/c1-4-8(5-2)6-10(15-3)11-7-9(13)12(14)16-11/h7-8,10,15H,4-6H2,1-3H3. The van der Waals surface area contributed by atoms with E-state index < -0.39 is 0 Å². The van der Waals surface area contributed by atoms with E-state index in [4.69, 9.17) is 0 Å². The van der Waals surface area contributed by atoms with Crippen LogP contribution in [-0.2, 0) is 0 Å². The second-order valence-electron chi connectivity index (χ2n) is 4.03. The van der Waals surface area contributed by atoms with Crippen molar-refractivity contribution in [3.05, 3.63) is 19.2 Å². The van der Waals surface area contributed by atoms with Gasteiger partial charge in [-0.1, -0.05) is 26.7 Å². The van der Waals surface area contributed by atoms with Crippen LogP contribution in [0.5, 0.6) is 0 Å². The molecule has 0 bridgehead atoms. The summed E-state index contributed by atoms with van der Waals surface area (Å²) in [7, 11) is 2.05. The summed E-state index contributed by atoms with van der Waals surface area (Å²) in [6.07, 6.45) is 3.76. The number of hydrogen-bond acceptors (Lipinski definition) is 2. The van der Waals surface area contributed by atoms with Crippen LogP contribution in [0.3, 0.4) is 0 Å². The summed E-state index contributed by atoms with van der Waals surface area (Å²) in [6.45, 7) is 4.56. The molecule has 0 spiro atoms. The normalized spacial score (nSPS) is 13.4. The molecular formula is C12H19Br2NS. The van der Waals surface area contributed by atoms with Gasteiger partial charge in [0.2, 0.25) is 0 Å². The quantitative estimate of drug-likeness (QED) is 0.712. The van der Waals surface area contributed by atoms with Crippen LogP contribution in [0.1, 0.15) is 44.0 Å². The smallest absolute Gasteiger partial charge is 0.0843 e. The van der Waals surface area contributed by atoms with Crippen LogP contribution in [0.25, 0.3) is 0 Å². The van der Waals surface area contributed by atoms with E-state index in [0.717, 1.165) is 10.4 Å². The van der Waals surface area contributed by atoms with Crippen molar-refractivity contribution in [3.8, 4) is 0 Å². The van der Waals surface area contributed by atoms with E-state index >= 15 is 0 Å². The van der Waals surface area contributed by atoms with Gasteiger partial charge in [-0.25, -0.2) is 0 Å². The van der Waals surface area contributed by atoms with E-state index in [-0.39, 0.29) is 0 Å². The van der Waals surface area contributed by atoms with Crippen molar-refractivity contribution < 1.29 is 0 Å². The summed E-state index contributed by atoms with van der Waals surface area (Å²) in [6, 6.07) is 2.70. The first-order valence-electron chi connectivity index (χ1n) is 5.74. The number of halogens is 2. The van der Waals surface area contributed by atoms with Crippen LogP contribution in [0.4, 0.5) is 0 Å². The van der Waals surface area contributed by atoms with Crippen LogP contribution in [0, 0.1) is 5.92 Å². The van der Waals surface area contributed by atoms with Gasteiger partial charge in [-0.3, -0.25) is 0 Å². The molecule has 1 nitrogen and oxygen atoms in total. The Kier molecular flexibility index (Phi) is 6.55. The highest BCUT2D eigenvalue weighted by Crippen LogP contribution is 2.37. The van der Waals surface area contributed by atoms with Crippen molar-refractivity contribution in [1.29, 1.82) is 0 Å². The third kappa shape index (κ3) is 3.83. The summed E-state index contributed by atoms with van der Waals surface area (Å²) in [4.78, 5) is 1.41. The molecule has 0 aromatic carbocycles. The van der Waals surface area contributed by atoms with Gasteiger partial charge in [0.05, 0.1) is 3.79 Å². The molecule has 0 fully saturated rings. The van der Waals surface area contributed by atoms with E-state index in [2.05, 4.69) is 64.1 Å². The molecule has 0 aliphatic carbocycles. The molecule has 1 heterocycles. The molecule has 1 rings (SSSR count). The van der Waals surface area contributed by atoms with E-state index in [1.54, 1.807) is 0 Å². The van der Waals surface area contributed by atoms with Gasteiger partial charge in [-0.05, 0) is 57.3 Å². The highest BCUT2D eigenvalue weighted by atomic mass is 79.9. The van der Waals surface area contributed by atoms with Crippen LogP contribution in [0.2, 0.25) is 0 Å². The zero-order valence-electron chi connectivity index (χ0n) is 10.0. The molecule has 0 radical (unpaired) electrons. The fraction of sp³-hybridized carbons (Fsp3) is 0.667. The third-order valence-corrected chi connectivity index (χ3v) is 6.45. The number of hydrogen-bond donors (Lipinski definition) is 1. The molecule has 0 saturated heterocycles. The zero-order valence-corrected chi connectivity index (χ0v) is 14.0. The maximum atomic E-state index is 3.56. The second kappa shape index (κ2) is 7.14. The largest absolute Gasteiger partial charge is 0.312 e. The predicted octanol–water partition coefficient (Wildman–Crippen LogP) is 5.36. The first-order valence-corrected chi connectivity index (χ1v) is 8.14. The first kappa shape index (κ1) is 14.7. The second-order valence-corrected chi connectivity index (χ2v) is 7.29. The molecule has 0 amide bonds. The average Bonchev–Trinajstić information content (AvgIpc) is 2.61. The Balaban J connectivity index is 2.74. The Morgan fingerprint density at radius 3 is 2.31 bits per heavy atom. The van der Waals surface area contributed by atoms with Gasteiger partial charge in [0.15, 0.2) is 0 Å². The van der Waals surface area contributed by atoms with Crippen molar-refractivity contribution in [1.82, 2.24) is 5.32 Å². The summed E-state index contributed by atoms with van der Waals surface area (Å²) >= 11 is 8.92. The predicted molar refractivity (Wildman–Crippen MR) is 80.2 cm³/mol. The highest BCUT2D eigenvalue weighted by Gasteiger charge is 2.17. The zero-order chi connectivity index (χ0) is 12.1. The lowest BCUT2D eigenvalue weighted by atomic mass is 9.94. The minimum absolute atomic E-state index is 0.484. The summed E-state index contributed by atoms with van der Waals surface area (Å²) < 4.78 is 2.35. The summed E-state index contributed by atoms with van der Waals surface area (Å²) in [5.74, 6) is 0.817. The van der Waals surface area contributed by atoms with E-state index in [9.17, 15) is 0 Å². The maximum absolute atomic E-state index is 3.56. The maximum Gasteiger partial charge on any atom is 0.0843 e. The molecular weight excluding hydrogens is 350 g/mol. The van der Waals surface area contributed by atoms with Crippen molar-refractivity contribution in [2.75, 3.05) is 7.05 Å². The van der Waals surface area contributed by atoms with Gasteiger partial charge in [-0.15, -0.1) is 11.3 Å². The van der Waals surface area contributed by atoms with Crippen molar-refractivity contribution >= 4 is 43.2 Å². The lowest BCUT2D eigenvalue weighted by molar-refractivity contribution is 0.388. The van der Waals surface area contributed by atoms with Crippen molar-refractivity contribution in [2.24, 2.45) is 5.92 Å². The third-order valence-electron chi connectivity index (χ3n) is 3.08. The topological polar surface area (TPSA) is 12.0 Å².